The third-order valence-corrected chi connectivity index (χ3v) is 3.05. The molecule has 0 bridgehead atoms. The SMILES string of the molecule is CCCCCC=CCC(=O)CCCCC=CC=CC(=O)O. The molecule has 0 atom stereocenters. The van der Waals surface area contributed by atoms with Crippen molar-refractivity contribution in [1.82, 2.24) is 0 Å². The van der Waals surface area contributed by atoms with Gasteiger partial charge < -0.3 is 5.11 Å². The Balaban J connectivity index is 3.47. The van der Waals surface area contributed by atoms with Crippen molar-refractivity contribution in [1.29, 1.82) is 0 Å². The number of carbonyl (C=O) groups excluding carboxylic acids is 1. The molecule has 0 aromatic rings. The van der Waals surface area contributed by atoms with Gasteiger partial charge in [0.2, 0.25) is 0 Å². The van der Waals surface area contributed by atoms with Gasteiger partial charge in [-0.15, -0.1) is 0 Å². The molecule has 3 nitrogen and oxygen atoms in total. The van der Waals surface area contributed by atoms with Crippen LogP contribution in [0.3, 0.4) is 0 Å². The minimum absolute atomic E-state index is 0.302. The summed E-state index contributed by atoms with van der Waals surface area (Å²) in [5, 5.41) is 8.38. The lowest BCUT2D eigenvalue weighted by Gasteiger charge is -1.97. The van der Waals surface area contributed by atoms with Gasteiger partial charge in [-0.2, -0.15) is 0 Å². The fourth-order valence-corrected chi connectivity index (χ4v) is 1.84. The predicted molar refractivity (Wildman–Crippen MR) is 87.3 cm³/mol. The molecule has 0 saturated heterocycles. The monoisotopic (exact) mass is 292 g/mol. The first kappa shape index (κ1) is 19.4. The number of aliphatic carboxylic acids is 1. The molecule has 21 heavy (non-hydrogen) atoms. The van der Waals surface area contributed by atoms with Crippen LogP contribution in [0.5, 0.6) is 0 Å². The van der Waals surface area contributed by atoms with E-state index in [1.54, 1.807) is 6.08 Å². The number of unbranched alkanes of at least 4 members (excludes halogenated alkanes) is 5. The van der Waals surface area contributed by atoms with Crippen molar-refractivity contribution in [2.24, 2.45) is 0 Å². The van der Waals surface area contributed by atoms with Crippen molar-refractivity contribution in [3.8, 4) is 0 Å². The molecule has 0 spiro atoms. The Morgan fingerprint density at radius 3 is 2.33 bits per heavy atom. The maximum atomic E-state index is 11.6. The van der Waals surface area contributed by atoms with Crippen molar-refractivity contribution in [2.75, 3.05) is 0 Å². The molecule has 0 radical (unpaired) electrons. The summed E-state index contributed by atoms with van der Waals surface area (Å²) in [6.07, 6.45) is 19.1. The number of Topliss-reactive ketones (excluding diaryl/α,β-unsaturated/α-hetero) is 1. The fourth-order valence-electron chi connectivity index (χ4n) is 1.84. The second kappa shape index (κ2) is 14.8. The Kier molecular flexibility index (Phi) is 13.6. The third-order valence-electron chi connectivity index (χ3n) is 3.05. The van der Waals surface area contributed by atoms with Gasteiger partial charge in [-0.25, -0.2) is 4.79 Å². The lowest BCUT2D eigenvalue weighted by Crippen LogP contribution is -1.95. The van der Waals surface area contributed by atoms with Crippen molar-refractivity contribution in [3.05, 3.63) is 36.5 Å². The molecule has 0 unspecified atom stereocenters. The van der Waals surface area contributed by atoms with Gasteiger partial charge in [-0.1, -0.05) is 50.1 Å². The molecule has 0 aliphatic rings. The second-order valence-corrected chi connectivity index (χ2v) is 5.08. The van der Waals surface area contributed by atoms with Gasteiger partial charge in [0.25, 0.3) is 0 Å². The Hall–Kier alpha value is -1.64. The van der Waals surface area contributed by atoms with Crippen LogP contribution >= 0.6 is 0 Å². The van der Waals surface area contributed by atoms with E-state index in [4.69, 9.17) is 5.11 Å². The molecular weight excluding hydrogens is 264 g/mol. The number of rotatable bonds is 13. The maximum Gasteiger partial charge on any atom is 0.328 e. The van der Waals surface area contributed by atoms with Crippen LogP contribution in [0, 0.1) is 0 Å². The highest BCUT2D eigenvalue weighted by atomic mass is 16.4. The molecule has 0 aromatic carbocycles. The van der Waals surface area contributed by atoms with Gasteiger partial charge in [0.05, 0.1) is 0 Å². The minimum Gasteiger partial charge on any atom is -0.478 e. The number of hydrogen-bond donors (Lipinski definition) is 1. The number of carbonyl (C=O) groups is 2. The van der Waals surface area contributed by atoms with E-state index in [0.29, 0.717) is 18.6 Å². The zero-order valence-electron chi connectivity index (χ0n) is 13.1. The number of ketones is 1. The average molecular weight is 292 g/mol. The summed E-state index contributed by atoms with van der Waals surface area (Å²) < 4.78 is 0. The molecule has 0 rings (SSSR count). The number of carboxylic acids is 1. The molecule has 0 heterocycles. The van der Waals surface area contributed by atoms with Gasteiger partial charge >= 0.3 is 5.97 Å². The van der Waals surface area contributed by atoms with Crippen LogP contribution in [0.1, 0.15) is 64.7 Å². The van der Waals surface area contributed by atoms with Crippen LogP contribution in [0.15, 0.2) is 36.5 Å². The molecular formula is C18H28O3. The zero-order valence-corrected chi connectivity index (χ0v) is 13.1. The topological polar surface area (TPSA) is 54.4 Å². The van der Waals surface area contributed by atoms with Gasteiger partial charge in [0.15, 0.2) is 0 Å². The molecule has 0 aliphatic carbocycles. The van der Waals surface area contributed by atoms with Crippen molar-refractivity contribution in [3.63, 3.8) is 0 Å². The molecule has 0 fully saturated rings. The highest BCUT2D eigenvalue weighted by molar-refractivity contribution is 5.80. The Labute approximate surface area is 128 Å². The first-order chi connectivity index (χ1) is 10.2. The van der Waals surface area contributed by atoms with Crippen molar-refractivity contribution >= 4 is 11.8 Å². The summed E-state index contributed by atoms with van der Waals surface area (Å²) in [4.78, 5) is 21.8. The van der Waals surface area contributed by atoms with E-state index in [9.17, 15) is 9.59 Å². The molecule has 0 aromatic heterocycles. The summed E-state index contributed by atoms with van der Waals surface area (Å²) in [6, 6.07) is 0. The highest BCUT2D eigenvalue weighted by Gasteiger charge is 1.98. The van der Waals surface area contributed by atoms with E-state index in [0.717, 1.165) is 31.8 Å². The molecule has 0 saturated carbocycles. The fraction of sp³-hybridized carbons (Fsp3) is 0.556. The highest BCUT2D eigenvalue weighted by Crippen LogP contribution is 2.05. The average Bonchev–Trinajstić information content (AvgIpc) is 2.45. The third kappa shape index (κ3) is 16.3. The van der Waals surface area contributed by atoms with E-state index >= 15 is 0 Å². The van der Waals surface area contributed by atoms with Gasteiger partial charge in [0.1, 0.15) is 5.78 Å². The van der Waals surface area contributed by atoms with E-state index in [1.165, 1.54) is 25.3 Å². The first-order valence-electron chi connectivity index (χ1n) is 7.89. The van der Waals surface area contributed by atoms with E-state index in [2.05, 4.69) is 13.0 Å². The lowest BCUT2D eigenvalue weighted by molar-refractivity contribution is -0.131. The van der Waals surface area contributed by atoms with Gasteiger partial charge in [-0.05, 0) is 32.1 Å². The quantitative estimate of drug-likeness (QED) is 0.229. The van der Waals surface area contributed by atoms with Crippen LogP contribution in [-0.2, 0) is 9.59 Å². The number of hydrogen-bond acceptors (Lipinski definition) is 2. The number of allylic oxidation sites excluding steroid dienone is 5. The van der Waals surface area contributed by atoms with Crippen LogP contribution < -0.4 is 0 Å². The largest absolute Gasteiger partial charge is 0.478 e. The zero-order chi connectivity index (χ0) is 15.8. The molecule has 118 valence electrons. The lowest BCUT2D eigenvalue weighted by atomic mass is 10.1. The first-order valence-corrected chi connectivity index (χ1v) is 7.89. The standard InChI is InChI=1S/C18H28O3/c1-2-3-4-5-8-11-14-17(19)15-12-9-6-7-10-13-16-18(20)21/h7-8,10-11,13,16H,2-6,9,12,14-15H2,1H3,(H,20,21). The maximum absolute atomic E-state index is 11.6. The number of carboxylic acid groups (broad SMARTS) is 1. The summed E-state index contributed by atoms with van der Waals surface area (Å²) in [5.74, 6) is -0.635. The normalized spacial score (nSPS) is 11.9. The van der Waals surface area contributed by atoms with Gasteiger partial charge in [0, 0.05) is 18.9 Å². The second-order valence-electron chi connectivity index (χ2n) is 5.08. The smallest absolute Gasteiger partial charge is 0.328 e. The molecule has 0 amide bonds. The summed E-state index contributed by atoms with van der Waals surface area (Å²) in [5.41, 5.74) is 0. The van der Waals surface area contributed by atoms with E-state index in [-0.39, 0.29) is 0 Å². The molecule has 0 aliphatic heterocycles. The minimum atomic E-state index is -0.937. The Bertz CT molecular complexity index is 365. The van der Waals surface area contributed by atoms with Crippen LogP contribution in [0.25, 0.3) is 0 Å². The Morgan fingerprint density at radius 1 is 0.905 bits per heavy atom. The van der Waals surface area contributed by atoms with E-state index < -0.39 is 5.97 Å². The van der Waals surface area contributed by atoms with Crippen molar-refractivity contribution < 1.29 is 14.7 Å². The summed E-state index contributed by atoms with van der Waals surface area (Å²) in [6.45, 7) is 2.19. The van der Waals surface area contributed by atoms with Crippen LogP contribution in [-0.4, -0.2) is 16.9 Å². The summed E-state index contributed by atoms with van der Waals surface area (Å²) >= 11 is 0. The Morgan fingerprint density at radius 2 is 1.62 bits per heavy atom. The molecule has 1 N–H and O–H groups in total. The van der Waals surface area contributed by atoms with Crippen molar-refractivity contribution in [2.45, 2.75) is 64.7 Å². The predicted octanol–water partition coefficient (Wildman–Crippen LogP) is 4.84. The van der Waals surface area contributed by atoms with Crippen LogP contribution in [0.4, 0.5) is 0 Å². The molecule has 3 heteroatoms. The van der Waals surface area contributed by atoms with Crippen LogP contribution in [0.2, 0.25) is 0 Å². The summed E-state index contributed by atoms with van der Waals surface area (Å²) in [7, 11) is 0. The van der Waals surface area contributed by atoms with E-state index in [1.807, 2.05) is 12.2 Å². The van der Waals surface area contributed by atoms with Gasteiger partial charge in [-0.3, -0.25) is 4.79 Å².